The van der Waals surface area contributed by atoms with Crippen LogP contribution in [-0.2, 0) is 4.79 Å². The lowest BCUT2D eigenvalue weighted by molar-refractivity contribution is -0.136. The molecule has 0 aromatic heterocycles. The predicted molar refractivity (Wildman–Crippen MR) is 61.3 cm³/mol. The number of hydrogen-bond acceptors (Lipinski definition) is 3. The fourth-order valence-corrected chi connectivity index (χ4v) is 2.74. The highest BCUT2D eigenvalue weighted by Gasteiger charge is 2.27. The van der Waals surface area contributed by atoms with Crippen molar-refractivity contribution in [1.82, 2.24) is 4.90 Å². The number of thioether (sulfide) groups is 1. The molecule has 0 spiro atoms. The van der Waals surface area contributed by atoms with Crippen LogP contribution in [0, 0.1) is 5.92 Å². The maximum atomic E-state index is 12.0. The molecule has 0 radical (unpaired) electrons. The first-order valence-corrected chi connectivity index (χ1v) is 6.44. The molecule has 1 rings (SSSR count). The summed E-state index contributed by atoms with van der Waals surface area (Å²) in [6.45, 7) is 5.51. The van der Waals surface area contributed by atoms with Gasteiger partial charge in [0.15, 0.2) is 0 Å². The second kappa shape index (κ2) is 5.61. The van der Waals surface area contributed by atoms with Gasteiger partial charge in [-0.25, -0.2) is 0 Å². The van der Waals surface area contributed by atoms with Crippen LogP contribution in [0.3, 0.4) is 0 Å². The van der Waals surface area contributed by atoms with E-state index < -0.39 is 0 Å². The molecule has 2 N–H and O–H groups in total. The van der Waals surface area contributed by atoms with E-state index in [0.717, 1.165) is 24.5 Å². The van der Waals surface area contributed by atoms with E-state index in [-0.39, 0.29) is 11.8 Å². The van der Waals surface area contributed by atoms with E-state index in [2.05, 4.69) is 6.92 Å². The van der Waals surface area contributed by atoms with Gasteiger partial charge < -0.3 is 10.6 Å². The maximum absolute atomic E-state index is 12.0. The summed E-state index contributed by atoms with van der Waals surface area (Å²) in [5, 5.41) is 0. The van der Waals surface area contributed by atoms with Crippen molar-refractivity contribution in [2.45, 2.75) is 26.3 Å². The van der Waals surface area contributed by atoms with Crippen molar-refractivity contribution in [3.8, 4) is 0 Å². The van der Waals surface area contributed by atoms with Gasteiger partial charge in [-0.15, -0.1) is 0 Å². The molecule has 14 heavy (non-hydrogen) atoms. The number of carbonyl (C=O) groups is 1. The zero-order valence-electron chi connectivity index (χ0n) is 9.03. The highest BCUT2D eigenvalue weighted by atomic mass is 32.2. The van der Waals surface area contributed by atoms with Gasteiger partial charge in [-0.3, -0.25) is 4.79 Å². The molecule has 82 valence electrons. The molecule has 0 saturated carbocycles. The Morgan fingerprint density at radius 1 is 1.71 bits per heavy atom. The summed E-state index contributed by atoms with van der Waals surface area (Å²) in [5.74, 6) is 2.41. The Hall–Kier alpha value is -0.220. The Labute approximate surface area is 90.4 Å². The second-order valence-electron chi connectivity index (χ2n) is 3.80. The van der Waals surface area contributed by atoms with Gasteiger partial charge in [0, 0.05) is 30.6 Å². The van der Waals surface area contributed by atoms with Gasteiger partial charge >= 0.3 is 0 Å². The van der Waals surface area contributed by atoms with Gasteiger partial charge in [0.2, 0.25) is 5.91 Å². The van der Waals surface area contributed by atoms with Crippen LogP contribution in [0.25, 0.3) is 0 Å². The molecule has 1 saturated heterocycles. The van der Waals surface area contributed by atoms with E-state index in [9.17, 15) is 4.79 Å². The van der Waals surface area contributed by atoms with Gasteiger partial charge in [0.1, 0.15) is 0 Å². The van der Waals surface area contributed by atoms with E-state index >= 15 is 0 Å². The Bertz CT molecular complexity index is 195. The summed E-state index contributed by atoms with van der Waals surface area (Å²) in [6, 6.07) is 0.377. The molecule has 0 aliphatic carbocycles. The molecular weight excluding hydrogens is 196 g/mol. The average molecular weight is 216 g/mol. The third-order valence-electron chi connectivity index (χ3n) is 2.78. The molecule has 1 aliphatic heterocycles. The van der Waals surface area contributed by atoms with E-state index in [4.69, 9.17) is 5.73 Å². The molecule has 1 aliphatic rings. The number of nitrogens with zero attached hydrogens (tertiary/aromatic N) is 1. The zero-order chi connectivity index (χ0) is 10.6. The Morgan fingerprint density at radius 3 is 2.93 bits per heavy atom. The number of nitrogens with two attached hydrogens (primary N) is 1. The highest BCUT2D eigenvalue weighted by molar-refractivity contribution is 7.99. The number of hydrogen-bond donors (Lipinski definition) is 1. The lowest BCUT2D eigenvalue weighted by Gasteiger charge is -2.35. The first kappa shape index (κ1) is 11.9. The first-order valence-electron chi connectivity index (χ1n) is 5.29. The second-order valence-corrected chi connectivity index (χ2v) is 4.95. The Morgan fingerprint density at radius 2 is 2.43 bits per heavy atom. The fourth-order valence-electron chi connectivity index (χ4n) is 1.73. The van der Waals surface area contributed by atoms with E-state index in [1.165, 1.54) is 0 Å². The van der Waals surface area contributed by atoms with Gasteiger partial charge in [-0.2, -0.15) is 11.8 Å². The largest absolute Gasteiger partial charge is 0.338 e. The number of amides is 1. The number of rotatable bonds is 3. The minimum atomic E-state index is 0.0283. The van der Waals surface area contributed by atoms with E-state index in [0.29, 0.717) is 12.6 Å². The van der Waals surface area contributed by atoms with Crippen LogP contribution in [0.1, 0.15) is 20.3 Å². The number of carbonyl (C=O) groups excluding carboxylic acids is 1. The summed E-state index contributed by atoms with van der Waals surface area (Å²) < 4.78 is 0. The molecule has 2 atom stereocenters. The average Bonchev–Trinajstić information content (AvgIpc) is 2.20. The van der Waals surface area contributed by atoms with Crippen molar-refractivity contribution in [2.75, 3.05) is 24.6 Å². The summed E-state index contributed by atoms with van der Waals surface area (Å²) in [5.41, 5.74) is 5.58. The topological polar surface area (TPSA) is 46.3 Å². The van der Waals surface area contributed by atoms with Crippen molar-refractivity contribution in [3.63, 3.8) is 0 Å². The molecule has 1 amide bonds. The van der Waals surface area contributed by atoms with Crippen LogP contribution in [0.2, 0.25) is 0 Å². The molecule has 0 bridgehead atoms. The van der Waals surface area contributed by atoms with Crippen molar-refractivity contribution in [3.05, 3.63) is 0 Å². The standard InChI is InChI=1S/C10H20N2OS/c1-3-9(6-11)10(13)12-4-5-14-7-8(12)2/h8-9H,3-7,11H2,1-2H3. The lowest BCUT2D eigenvalue weighted by atomic mass is 10.0. The molecule has 3 nitrogen and oxygen atoms in total. The van der Waals surface area contributed by atoms with Gasteiger partial charge in [-0.05, 0) is 13.3 Å². The molecule has 0 aromatic rings. The quantitative estimate of drug-likeness (QED) is 0.763. The van der Waals surface area contributed by atoms with Crippen LogP contribution < -0.4 is 5.73 Å². The highest BCUT2D eigenvalue weighted by Crippen LogP contribution is 2.18. The van der Waals surface area contributed by atoms with Gasteiger partial charge in [0.05, 0.1) is 5.92 Å². The summed E-state index contributed by atoms with van der Waals surface area (Å²) >= 11 is 1.93. The maximum Gasteiger partial charge on any atom is 0.227 e. The van der Waals surface area contributed by atoms with Crippen LogP contribution >= 0.6 is 11.8 Å². The molecular formula is C10H20N2OS. The summed E-state index contributed by atoms with van der Waals surface area (Å²) in [7, 11) is 0. The van der Waals surface area contributed by atoms with Crippen molar-refractivity contribution < 1.29 is 4.79 Å². The smallest absolute Gasteiger partial charge is 0.227 e. The minimum Gasteiger partial charge on any atom is -0.338 e. The zero-order valence-corrected chi connectivity index (χ0v) is 9.85. The third-order valence-corrected chi connectivity index (χ3v) is 3.97. The third kappa shape index (κ3) is 2.64. The molecule has 0 aromatic carbocycles. The van der Waals surface area contributed by atoms with Crippen molar-refractivity contribution >= 4 is 17.7 Å². The Balaban J connectivity index is 2.57. The fraction of sp³-hybridized carbons (Fsp3) is 0.900. The van der Waals surface area contributed by atoms with Crippen LogP contribution in [0.5, 0.6) is 0 Å². The monoisotopic (exact) mass is 216 g/mol. The SMILES string of the molecule is CCC(CN)C(=O)N1CCSCC1C. The van der Waals surface area contributed by atoms with Crippen molar-refractivity contribution in [1.29, 1.82) is 0 Å². The van der Waals surface area contributed by atoms with Crippen LogP contribution in [0.4, 0.5) is 0 Å². The van der Waals surface area contributed by atoms with E-state index in [1.807, 2.05) is 23.6 Å². The van der Waals surface area contributed by atoms with E-state index in [1.54, 1.807) is 0 Å². The molecule has 4 heteroatoms. The van der Waals surface area contributed by atoms with Gasteiger partial charge in [-0.1, -0.05) is 6.92 Å². The van der Waals surface area contributed by atoms with Crippen LogP contribution in [-0.4, -0.2) is 41.4 Å². The predicted octanol–water partition coefficient (Wildman–Crippen LogP) is 0.935. The molecule has 2 unspecified atom stereocenters. The normalized spacial score (nSPS) is 24.8. The van der Waals surface area contributed by atoms with Crippen molar-refractivity contribution in [2.24, 2.45) is 11.7 Å². The first-order chi connectivity index (χ1) is 6.70. The van der Waals surface area contributed by atoms with Crippen LogP contribution in [0.15, 0.2) is 0 Å². The summed E-state index contributed by atoms with van der Waals surface area (Å²) in [6.07, 6.45) is 0.853. The molecule has 1 heterocycles. The Kier molecular flexibility index (Phi) is 4.75. The summed E-state index contributed by atoms with van der Waals surface area (Å²) in [4.78, 5) is 14.0. The molecule has 1 fully saturated rings. The lowest BCUT2D eigenvalue weighted by Crippen LogP contribution is -2.48. The van der Waals surface area contributed by atoms with Gasteiger partial charge in [0.25, 0.3) is 0 Å². The minimum absolute atomic E-state index is 0.0283.